The molecule has 2 fully saturated rings. The average molecular weight is 402 g/mol. The van der Waals surface area contributed by atoms with E-state index >= 15 is 0 Å². The van der Waals surface area contributed by atoms with Gasteiger partial charge in [0.1, 0.15) is 18.1 Å². The number of hydrogen-bond donors (Lipinski definition) is 2. The molecule has 0 aromatic heterocycles. The van der Waals surface area contributed by atoms with Crippen molar-refractivity contribution in [3.8, 4) is 11.5 Å². The van der Waals surface area contributed by atoms with E-state index in [0.717, 1.165) is 26.2 Å². The van der Waals surface area contributed by atoms with Gasteiger partial charge in [0.15, 0.2) is 0 Å². The topological polar surface area (TPSA) is 65.0 Å². The van der Waals surface area contributed by atoms with Crippen molar-refractivity contribution >= 4 is 17.5 Å². The quantitative estimate of drug-likeness (QED) is 0.822. The van der Waals surface area contributed by atoms with Crippen molar-refractivity contribution < 1.29 is 14.6 Å². The van der Waals surface area contributed by atoms with Crippen molar-refractivity contribution in [3.63, 3.8) is 0 Å². The number of carbonyl (C=O) groups excluding carboxylic acids is 1. The molecule has 0 saturated carbocycles. The number of nitrogens with one attached hydrogen (secondary N) is 1. The highest BCUT2D eigenvalue weighted by molar-refractivity contribution is 6.30. The van der Waals surface area contributed by atoms with Gasteiger partial charge in [0.25, 0.3) is 5.91 Å². The lowest BCUT2D eigenvalue weighted by molar-refractivity contribution is -0.00632. The van der Waals surface area contributed by atoms with E-state index in [2.05, 4.69) is 10.2 Å². The van der Waals surface area contributed by atoms with Gasteiger partial charge in [-0.25, -0.2) is 0 Å². The highest BCUT2D eigenvalue weighted by Gasteiger charge is 2.40. The highest BCUT2D eigenvalue weighted by Crippen LogP contribution is 2.24. The van der Waals surface area contributed by atoms with Crippen LogP contribution in [0.25, 0.3) is 0 Å². The summed E-state index contributed by atoms with van der Waals surface area (Å²) in [7, 11) is 0. The van der Waals surface area contributed by atoms with Crippen molar-refractivity contribution in [3.05, 3.63) is 59.1 Å². The van der Waals surface area contributed by atoms with Gasteiger partial charge in [-0.1, -0.05) is 17.7 Å². The molecule has 148 valence electrons. The first-order chi connectivity index (χ1) is 13.6. The van der Waals surface area contributed by atoms with Gasteiger partial charge >= 0.3 is 0 Å². The molecule has 0 spiro atoms. The molecule has 2 aliphatic heterocycles. The summed E-state index contributed by atoms with van der Waals surface area (Å²) in [6.45, 7) is 4.66. The van der Waals surface area contributed by atoms with Crippen LogP contribution in [0.5, 0.6) is 11.5 Å². The van der Waals surface area contributed by atoms with Crippen LogP contribution >= 0.6 is 11.6 Å². The molecule has 2 aromatic rings. The zero-order valence-corrected chi connectivity index (χ0v) is 16.3. The van der Waals surface area contributed by atoms with Crippen LogP contribution in [0.2, 0.25) is 5.02 Å². The summed E-state index contributed by atoms with van der Waals surface area (Å²) < 4.78 is 6.00. The maximum Gasteiger partial charge on any atom is 0.254 e. The van der Waals surface area contributed by atoms with E-state index < -0.39 is 0 Å². The Hall–Kier alpha value is -2.28. The number of benzene rings is 2. The largest absolute Gasteiger partial charge is 0.508 e. The molecule has 2 heterocycles. The second kappa shape index (κ2) is 8.39. The molecule has 7 heteroatoms. The van der Waals surface area contributed by atoms with Crippen LogP contribution in [0.3, 0.4) is 0 Å². The van der Waals surface area contributed by atoms with Gasteiger partial charge in [0.2, 0.25) is 0 Å². The molecule has 0 aliphatic carbocycles. The maximum atomic E-state index is 13.2. The number of aromatic hydroxyl groups is 1. The molecule has 1 amide bonds. The van der Waals surface area contributed by atoms with Crippen molar-refractivity contribution in [1.82, 2.24) is 15.1 Å². The smallest absolute Gasteiger partial charge is 0.254 e. The first kappa shape index (κ1) is 19.1. The number of phenolic OH excluding ortho intramolecular Hbond substituents is 1. The zero-order valence-electron chi connectivity index (χ0n) is 15.6. The van der Waals surface area contributed by atoms with E-state index in [1.807, 2.05) is 4.90 Å². The third-order valence-electron chi connectivity index (χ3n) is 5.46. The van der Waals surface area contributed by atoms with E-state index in [4.69, 9.17) is 16.3 Å². The van der Waals surface area contributed by atoms with Crippen LogP contribution < -0.4 is 10.1 Å². The van der Waals surface area contributed by atoms with E-state index in [0.29, 0.717) is 29.5 Å². The van der Waals surface area contributed by atoms with Gasteiger partial charge in [-0.2, -0.15) is 0 Å². The Labute approximate surface area is 169 Å². The zero-order chi connectivity index (χ0) is 19.5. The van der Waals surface area contributed by atoms with Gasteiger partial charge in [-0.05, 0) is 42.5 Å². The third kappa shape index (κ3) is 4.09. The predicted octanol–water partition coefficient (Wildman–Crippen LogP) is 2.22. The Bertz CT molecular complexity index is 830. The normalized spacial score (nSPS) is 22.5. The van der Waals surface area contributed by atoms with Crippen LogP contribution in [0, 0.1) is 0 Å². The van der Waals surface area contributed by atoms with Gasteiger partial charge < -0.3 is 20.1 Å². The summed E-state index contributed by atoms with van der Waals surface area (Å²) in [6.07, 6.45) is 0. The Kier molecular flexibility index (Phi) is 5.71. The Morgan fingerprint density at radius 2 is 2.00 bits per heavy atom. The lowest BCUT2D eigenvalue weighted by atomic mass is 9.98. The summed E-state index contributed by atoms with van der Waals surface area (Å²) in [5.74, 6) is 0.853. The molecule has 4 rings (SSSR count). The third-order valence-corrected chi connectivity index (χ3v) is 5.70. The first-order valence-electron chi connectivity index (χ1n) is 9.55. The number of rotatable bonds is 4. The summed E-state index contributed by atoms with van der Waals surface area (Å²) in [4.78, 5) is 17.6. The molecular formula is C21H24ClN3O3. The number of piperazine rings is 2. The standard InChI is InChI=1S/C21H24ClN3O3/c22-16-3-1-2-15(12-16)21(27)25-11-10-24-9-8-23-13-19(24)20(25)14-28-18-6-4-17(26)5-7-18/h1-7,12,19-20,23,26H,8-11,13-14H2. The minimum absolute atomic E-state index is 0.0213. The molecule has 6 nitrogen and oxygen atoms in total. The summed E-state index contributed by atoms with van der Waals surface area (Å²) in [6, 6.07) is 13.9. The van der Waals surface area contributed by atoms with Crippen LogP contribution in [-0.4, -0.2) is 72.2 Å². The minimum atomic E-state index is -0.0816. The van der Waals surface area contributed by atoms with Crippen molar-refractivity contribution in [2.45, 2.75) is 12.1 Å². The lowest BCUT2D eigenvalue weighted by Crippen LogP contribution is -2.68. The van der Waals surface area contributed by atoms with Gasteiger partial charge in [0, 0.05) is 49.4 Å². The van der Waals surface area contributed by atoms with E-state index in [9.17, 15) is 9.90 Å². The van der Waals surface area contributed by atoms with Gasteiger partial charge in [0.05, 0.1) is 6.04 Å². The summed E-state index contributed by atoms with van der Waals surface area (Å²) in [5, 5.41) is 13.5. The van der Waals surface area contributed by atoms with Crippen molar-refractivity contribution in [1.29, 1.82) is 0 Å². The molecular weight excluding hydrogens is 378 g/mol. The van der Waals surface area contributed by atoms with E-state index in [1.165, 1.54) is 0 Å². The number of hydrogen-bond acceptors (Lipinski definition) is 5. The van der Waals surface area contributed by atoms with Crippen LogP contribution in [0.1, 0.15) is 10.4 Å². The second-order valence-electron chi connectivity index (χ2n) is 7.19. The maximum absolute atomic E-state index is 13.2. The van der Waals surface area contributed by atoms with Crippen LogP contribution in [-0.2, 0) is 0 Å². The molecule has 2 N–H and O–H groups in total. The number of halogens is 1. The summed E-state index contributed by atoms with van der Waals surface area (Å²) in [5.41, 5.74) is 0.597. The number of phenols is 1. The molecule has 2 aromatic carbocycles. The number of fused-ring (bicyclic) bond motifs is 1. The Morgan fingerprint density at radius 3 is 2.79 bits per heavy atom. The monoisotopic (exact) mass is 401 g/mol. The first-order valence-corrected chi connectivity index (χ1v) is 9.93. The van der Waals surface area contributed by atoms with Crippen LogP contribution in [0.15, 0.2) is 48.5 Å². The lowest BCUT2D eigenvalue weighted by Gasteiger charge is -2.49. The second-order valence-corrected chi connectivity index (χ2v) is 7.63. The molecule has 0 bridgehead atoms. The van der Waals surface area contributed by atoms with Gasteiger partial charge in [-0.15, -0.1) is 0 Å². The number of amides is 1. The fourth-order valence-electron chi connectivity index (χ4n) is 4.00. The van der Waals surface area contributed by atoms with E-state index in [-0.39, 0.29) is 23.7 Å². The molecule has 2 saturated heterocycles. The average Bonchev–Trinajstić information content (AvgIpc) is 2.72. The van der Waals surface area contributed by atoms with Crippen molar-refractivity contribution in [2.24, 2.45) is 0 Å². The summed E-state index contributed by atoms with van der Waals surface area (Å²) >= 11 is 6.09. The molecule has 28 heavy (non-hydrogen) atoms. The molecule has 0 radical (unpaired) electrons. The van der Waals surface area contributed by atoms with Crippen molar-refractivity contribution in [2.75, 3.05) is 39.3 Å². The number of nitrogens with zero attached hydrogens (tertiary/aromatic N) is 2. The van der Waals surface area contributed by atoms with Gasteiger partial charge in [-0.3, -0.25) is 9.69 Å². The SMILES string of the molecule is O=C(c1cccc(Cl)c1)N1CCN2CCNCC2C1COc1ccc(O)cc1. The molecule has 2 unspecified atom stereocenters. The minimum Gasteiger partial charge on any atom is -0.508 e. The fraction of sp³-hybridized carbons (Fsp3) is 0.381. The molecule has 2 atom stereocenters. The Morgan fingerprint density at radius 1 is 1.18 bits per heavy atom. The number of carbonyl (C=O) groups is 1. The highest BCUT2D eigenvalue weighted by atomic mass is 35.5. The predicted molar refractivity (Wildman–Crippen MR) is 108 cm³/mol. The Balaban J connectivity index is 1.55. The fourth-order valence-corrected chi connectivity index (χ4v) is 4.19. The van der Waals surface area contributed by atoms with E-state index in [1.54, 1.807) is 48.5 Å². The number of ether oxygens (including phenoxy) is 1. The van der Waals surface area contributed by atoms with Crippen LogP contribution in [0.4, 0.5) is 0 Å². The molecule has 2 aliphatic rings.